The zero-order chi connectivity index (χ0) is 23.4. The van der Waals surface area contributed by atoms with Crippen LogP contribution in [0.2, 0.25) is 10.0 Å². The first-order valence-electron chi connectivity index (χ1n) is 10.9. The summed E-state index contributed by atoms with van der Waals surface area (Å²) < 4.78 is 0. The highest BCUT2D eigenvalue weighted by Crippen LogP contribution is 2.36. The first-order valence-corrected chi connectivity index (χ1v) is 12.5. The molecule has 0 bridgehead atoms. The Balaban J connectivity index is 1.53. The molecule has 0 radical (unpaired) electrons. The lowest BCUT2D eigenvalue weighted by molar-refractivity contribution is -0.115. The first-order chi connectivity index (χ1) is 16.0. The van der Waals surface area contributed by atoms with Crippen molar-refractivity contribution in [1.82, 2.24) is 4.98 Å². The number of nitrogens with zero attached hydrogens (tertiary/aromatic N) is 2. The summed E-state index contributed by atoms with van der Waals surface area (Å²) in [4.78, 5) is 17.8. The van der Waals surface area contributed by atoms with E-state index in [1.165, 1.54) is 17.3 Å². The smallest absolute Gasteiger partial charge is 0.237 e. The van der Waals surface area contributed by atoms with Crippen LogP contribution < -0.4 is 5.32 Å². The Bertz CT molecular complexity index is 1210. The van der Waals surface area contributed by atoms with Gasteiger partial charge in [0.05, 0.1) is 21.5 Å². The van der Waals surface area contributed by atoms with E-state index in [1.54, 1.807) is 18.2 Å². The number of hydrogen-bond acceptors (Lipinski definition) is 4. The SMILES string of the molecule is CCC(Sc1nc2c(cc1C#N)CC(c1ccccc1)CC2)C(=O)Nc1cc(Cl)ccc1Cl. The second-order valence-corrected chi connectivity index (χ2v) is 10.1. The molecule has 0 saturated heterocycles. The third-order valence-electron chi connectivity index (χ3n) is 5.85. The Morgan fingerprint density at radius 1 is 1.24 bits per heavy atom. The van der Waals surface area contributed by atoms with Gasteiger partial charge in [-0.1, -0.05) is 72.2 Å². The predicted molar refractivity (Wildman–Crippen MR) is 135 cm³/mol. The monoisotopic (exact) mass is 495 g/mol. The second kappa shape index (κ2) is 10.6. The minimum atomic E-state index is -0.418. The van der Waals surface area contributed by atoms with Gasteiger partial charge in [-0.3, -0.25) is 4.79 Å². The number of carbonyl (C=O) groups excluding carboxylic acids is 1. The van der Waals surface area contributed by atoms with Crippen molar-refractivity contribution in [3.63, 3.8) is 0 Å². The zero-order valence-electron chi connectivity index (χ0n) is 18.1. The van der Waals surface area contributed by atoms with E-state index in [-0.39, 0.29) is 5.91 Å². The lowest BCUT2D eigenvalue weighted by atomic mass is 9.82. The topological polar surface area (TPSA) is 65.8 Å². The molecule has 1 heterocycles. The maximum absolute atomic E-state index is 13.0. The van der Waals surface area contributed by atoms with Crippen molar-refractivity contribution in [2.75, 3.05) is 5.32 Å². The van der Waals surface area contributed by atoms with Crippen molar-refractivity contribution >= 4 is 46.6 Å². The third-order valence-corrected chi connectivity index (χ3v) is 7.78. The fraction of sp³-hybridized carbons (Fsp3) is 0.269. The van der Waals surface area contributed by atoms with Crippen LogP contribution in [0.4, 0.5) is 5.69 Å². The van der Waals surface area contributed by atoms with Crippen molar-refractivity contribution in [2.45, 2.75) is 48.8 Å². The number of nitrogens with one attached hydrogen (secondary N) is 1. The Labute approximate surface area is 208 Å². The molecule has 0 aliphatic heterocycles. The summed E-state index contributed by atoms with van der Waals surface area (Å²) in [6.45, 7) is 1.94. The molecule has 1 amide bonds. The number of aryl methyl sites for hydroxylation is 1. The van der Waals surface area contributed by atoms with Gasteiger partial charge in [-0.2, -0.15) is 5.26 Å². The lowest BCUT2D eigenvalue weighted by Crippen LogP contribution is -2.25. The van der Waals surface area contributed by atoms with Crippen LogP contribution in [-0.4, -0.2) is 16.1 Å². The van der Waals surface area contributed by atoms with Gasteiger partial charge in [-0.15, -0.1) is 0 Å². The number of carbonyl (C=O) groups is 1. The maximum Gasteiger partial charge on any atom is 0.237 e. The number of thioether (sulfide) groups is 1. The maximum atomic E-state index is 13.0. The van der Waals surface area contributed by atoms with Crippen molar-refractivity contribution < 1.29 is 4.79 Å². The van der Waals surface area contributed by atoms with Gasteiger partial charge in [0.1, 0.15) is 11.1 Å². The molecule has 2 unspecified atom stereocenters. The third kappa shape index (κ3) is 5.52. The van der Waals surface area contributed by atoms with Crippen LogP contribution in [0.5, 0.6) is 0 Å². The van der Waals surface area contributed by atoms with E-state index in [0.29, 0.717) is 38.7 Å². The molecule has 2 aromatic carbocycles. The standard InChI is InChI=1S/C26H23Cl2N3OS/c1-2-24(25(32)30-23-14-20(27)9-10-21(23)28)33-26-19(15-29)13-18-12-17(8-11-22(18)31-26)16-6-4-3-5-7-16/h3-7,9-10,13-14,17,24H,2,8,11-12H2,1H3,(H,30,32). The molecule has 3 aromatic rings. The quantitative estimate of drug-likeness (QED) is 0.372. The highest BCUT2D eigenvalue weighted by Gasteiger charge is 2.26. The van der Waals surface area contributed by atoms with Gasteiger partial charge in [0, 0.05) is 10.7 Å². The van der Waals surface area contributed by atoms with Gasteiger partial charge in [0.2, 0.25) is 5.91 Å². The average molecular weight is 496 g/mol. The molecule has 0 spiro atoms. The van der Waals surface area contributed by atoms with E-state index in [0.717, 1.165) is 30.5 Å². The number of fused-ring (bicyclic) bond motifs is 1. The van der Waals surface area contributed by atoms with Crippen LogP contribution in [0.1, 0.15) is 48.1 Å². The molecular weight excluding hydrogens is 473 g/mol. The molecule has 1 aliphatic rings. The number of aromatic nitrogens is 1. The van der Waals surface area contributed by atoms with E-state index in [2.05, 4.69) is 35.7 Å². The highest BCUT2D eigenvalue weighted by atomic mass is 35.5. The first kappa shape index (κ1) is 23.6. The van der Waals surface area contributed by atoms with Crippen LogP contribution in [0, 0.1) is 11.3 Å². The molecule has 1 aliphatic carbocycles. The van der Waals surface area contributed by atoms with Crippen LogP contribution in [0.3, 0.4) is 0 Å². The molecular formula is C26H23Cl2N3OS. The fourth-order valence-corrected chi connectivity index (χ4v) is 5.42. The number of rotatable bonds is 6. The molecule has 0 saturated carbocycles. The number of nitriles is 1. The van der Waals surface area contributed by atoms with Crippen LogP contribution in [-0.2, 0) is 17.6 Å². The van der Waals surface area contributed by atoms with Crippen molar-refractivity contribution in [3.05, 3.63) is 87.0 Å². The average Bonchev–Trinajstić information content (AvgIpc) is 2.84. The number of halogens is 2. The molecule has 33 heavy (non-hydrogen) atoms. The Hall–Kier alpha value is -2.52. The molecule has 2 atom stereocenters. The largest absolute Gasteiger partial charge is 0.324 e. The van der Waals surface area contributed by atoms with Gasteiger partial charge < -0.3 is 5.32 Å². The van der Waals surface area contributed by atoms with Crippen LogP contribution in [0.25, 0.3) is 0 Å². The molecule has 0 fully saturated rings. The van der Waals surface area contributed by atoms with Gasteiger partial charge >= 0.3 is 0 Å². The van der Waals surface area contributed by atoms with E-state index in [1.807, 2.05) is 19.1 Å². The summed E-state index contributed by atoms with van der Waals surface area (Å²) >= 11 is 13.6. The van der Waals surface area contributed by atoms with Crippen molar-refractivity contribution in [2.24, 2.45) is 0 Å². The zero-order valence-corrected chi connectivity index (χ0v) is 20.5. The van der Waals surface area contributed by atoms with Crippen molar-refractivity contribution in [1.29, 1.82) is 5.26 Å². The fourth-order valence-electron chi connectivity index (χ4n) is 4.09. The number of benzene rings is 2. The number of anilines is 1. The highest BCUT2D eigenvalue weighted by molar-refractivity contribution is 8.00. The summed E-state index contributed by atoms with van der Waals surface area (Å²) in [5.41, 5.74) is 4.46. The summed E-state index contributed by atoms with van der Waals surface area (Å²) in [6.07, 6.45) is 3.32. The summed E-state index contributed by atoms with van der Waals surface area (Å²) in [5.74, 6) is 0.237. The summed E-state index contributed by atoms with van der Waals surface area (Å²) in [6, 6.07) is 19.7. The molecule has 168 valence electrons. The van der Waals surface area contributed by atoms with Gasteiger partial charge in [-0.05, 0) is 67.0 Å². The molecule has 7 heteroatoms. The number of pyridine rings is 1. The second-order valence-electron chi connectivity index (χ2n) is 8.04. The molecule has 1 aromatic heterocycles. The van der Waals surface area contributed by atoms with E-state index in [4.69, 9.17) is 28.2 Å². The molecule has 4 rings (SSSR count). The van der Waals surface area contributed by atoms with E-state index in [9.17, 15) is 10.1 Å². The van der Waals surface area contributed by atoms with Crippen molar-refractivity contribution in [3.8, 4) is 6.07 Å². The summed E-state index contributed by atoms with van der Waals surface area (Å²) in [7, 11) is 0. The van der Waals surface area contributed by atoms with Gasteiger partial charge in [-0.25, -0.2) is 4.98 Å². The lowest BCUT2D eigenvalue weighted by Gasteiger charge is -2.25. The number of amides is 1. The summed E-state index contributed by atoms with van der Waals surface area (Å²) in [5, 5.41) is 13.8. The Morgan fingerprint density at radius 3 is 2.76 bits per heavy atom. The van der Waals surface area contributed by atoms with E-state index < -0.39 is 5.25 Å². The molecule has 1 N–H and O–H groups in total. The Morgan fingerprint density at radius 2 is 2.03 bits per heavy atom. The minimum Gasteiger partial charge on any atom is -0.324 e. The van der Waals surface area contributed by atoms with Gasteiger partial charge in [0.25, 0.3) is 0 Å². The van der Waals surface area contributed by atoms with Crippen LogP contribution >= 0.6 is 35.0 Å². The minimum absolute atomic E-state index is 0.195. The Kier molecular flexibility index (Phi) is 7.60. The number of hydrogen-bond donors (Lipinski definition) is 1. The van der Waals surface area contributed by atoms with Gasteiger partial charge in [0.15, 0.2) is 0 Å². The van der Waals surface area contributed by atoms with E-state index >= 15 is 0 Å². The molecule has 4 nitrogen and oxygen atoms in total. The predicted octanol–water partition coefficient (Wildman–Crippen LogP) is 7.04. The van der Waals surface area contributed by atoms with Crippen LogP contribution in [0.15, 0.2) is 59.6 Å². The normalized spacial score (nSPS) is 15.9.